The highest BCUT2D eigenvalue weighted by atomic mass is 32.2. The van der Waals surface area contributed by atoms with E-state index < -0.39 is 44.3 Å². The summed E-state index contributed by atoms with van der Waals surface area (Å²) < 4.78 is 64.7. The van der Waals surface area contributed by atoms with Crippen LogP contribution in [0.15, 0.2) is 17.0 Å². The van der Waals surface area contributed by atoms with Crippen LogP contribution in [0.4, 0.5) is 13.2 Å². The van der Waals surface area contributed by atoms with Crippen molar-refractivity contribution in [1.29, 1.82) is 0 Å². The van der Waals surface area contributed by atoms with Crippen molar-refractivity contribution < 1.29 is 26.4 Å². The molecular weight excluding hydrogens is 297 g/mol. The van der Waals surface area contributed by atoms with E-state index in [1.807, 2.05) is 4.72 Å². The number of carbonyl (C=O) groups is 1. The molecule has 0 heterocycles. The van der Waals surface area contributed by atoms with Crippen LogP contribution < -0.4 is 10.0 Å². The third-order valence-electron chi connectivity index (χ3n) is 2.37. The fourth-order valence-electron chi connectivity index (χ4n) is 1.39. The minimum absolute atomic E-state index is 0.282. The second kappa shape index (κ2) is 6.23. The van der Waals surface area contributed by atoms with Crippen LogP contribution in [0, 0.1) is 17.5 Å². The quantitative estimate of drug-likeness (QED) is 0.794. The molecule has 0 bridgehead atoms. The first kappa shape index (κ1) is 16.4. The molecule has 0 fully saturated rings. The Morgan fingerprint density at radius 1 is 1.25 bits per heavy atom. The van der Waals surface area contributed by atoms with Crippen molar-refractivity contribution in [3.63, 3.8) is 0 Å². The van der Waals surface area contributed by atoms with Crippen molar-refractivity contribution in [1.82, 2.24) is 10.0 Å². The van der Waals surface area contributed by atoms with Gasteiger partial charge in [-0.25, -0.2) is 21.6 Å². The van der Waals surface area contributed by atoms with Crippen LogP contribution >= 0.6 is 0 Å². The topological polar surface area (TPSA) is 75.3 Å². The van der Waals surface area contributed by atoms with Crippen LogP contribution in [0.5, 0.6) is 0 Å². The molecule has 0 aromatic heterocycles. The lowest BCUT2D eigenvalue weighted by Gasteiger charge is -2.14. The predicted octanol–water partition coefficient (Wildman–Crippen LogP) is 0.907. The number of amides is 1. The van der Waals surface area contributed by atoms with Gasteiger partial charge in [0.25, 0.3) is 0 Å². The number of hydrogen-bond donors (Lipinski definition) is 2. The van der Waals surface area contributed by atoms with Crippen molar-refractivity contribution in [3.05, 3.63) is 29.6 Å². The molecule has 20 heavy (non-hydrogen) atoms. The van der Waals surface area contributed by atoms with E-state index in [0.717, 1.165) is 0 Å². The van der Waals surface area contributed by atoms with Crippen LogP contribution in [0.25, 0.3) is 0 Å². The Morgan fingerprint density at radius 3 is 2.40 bits per heavy atom. The van der Waals surface area contributed by atoms with E-state index in [1.54, 1.807) is 6.92 Å². The molecule has 1 amide bonds. The Morgan fingerprint density at radius 2 is 1.85 bits per heavy atom. The van der Waals surface area contributed by atoms with Crippen LogP contribution in [0.2, 0.25) is 0 Å². The van der Waals surface area contributed by atoms with E-state index >= 15 is 0 Å². The van der Waals surface area contributed by atoms with E-state index in [-0.39, 0.29) is 6.54 Å². The second-order valence-corrected chi connectivity index (χ2v) is 5.59. The molecule has 0 radical (unpaired) electrons. The van der Waals surface area contributed by atoms with Gasteiger partial charge in [-0.1, -0.05) is 0 Å². The number of sulfonamides is 1. The number of benzene rings is 1. The Balaban J connectivity index is 3.07. The average Bonchev–Trinajstić information content (AvgIpc) is 2.35. The average molecular weight is 310 g/mol. The van der Waals surface area contributed by atoms with Gasteiger partial charge >= 0.3 is 0 Å². The lowest BCUT2D eigenvalue weighted by molar-refractivity contribution is -0.122. The molecule has 0 unspecified atom stereocenters. The summed E-state index contributed by atoms with van der Waals surface area (Å²) >= 11 is 0. The third-order valence-corrected chi connectivity index (χ3v) is 3.92. The molecule has 5 nitrogen and oxygen atoms in total. The van der Waals surface area contributed by atoms with Crippen molar-refractivity contribution in [2.75, 3.05) is 6.54 Å². The maximum Gasteiger partial charge on any atom is 0.244 e. The molecular formula is C11H13F3N2O3S. The Labute approximate surface area is 114 Å². The number of likely N-dealkylation sites (N-methyl/N-ethyl adjacent to an activating group) is 1. The third kappa shape index (κ3) is 3.48. The molecule has 0 aliphatic heterocycles. The van der Waals surface area contributed by atoms with Crippen molar-refractivity contribution >= 4 is 15.9 Å². The summed E-state index contributed by atoms with van der Waals surface area (Å²) in [6.07, 6.45) is 0. The molecule has 1 rings (SSSR count). The molecule has 2 N–H and O–H groups in total. The van der Waals surface area contributed by atoms with Crippen molar-refractivity contribution in [2.24, 2.45) is 0 Å². The smallest absolute Gasteiger partial charge is 0.244 e. The van der Waals surface area contributed by atoms with Gasteiger partial charge in [0.05, 0.1) is 6.04 Å². The summed E-state index contributed by atoms with van der Waals surface area (Å²) in [7, 11) is -4.49. The van der Waals surface area contributed by atoms with Crippen molar-refractivity contribution in [2.45, 2.75) is 24.8 Å². The van der Waals surface area contributed by atoms with Crippen LogP contribution in [0.1, 0.15) is 13.8 Å². The van der Waals surface area contributed by atoms with Gasteiger partial charge in [0.1, 0.15) is 4.90 Å². The molecule has 1 atom stereocenters. The molecule has 0 saturated heterocycles. The number of nitrogens with one attached hydrogen (secondary N) is 2. The Hall–Kier alpha value is -1.61. The predicted molar refractivity (Wildman–Crippen MR) is 64.8 cm³/mol. The highest BCUT2D eigenvalue weighted by Gasteiger charge is 2.27. The first-order valence-corrected chi connectivity index (χ1v) is 7.12. The number of rotatable bonds is 5. The summed E-state index contributed by atoms with van der Waals surface area (Å²) in [5, 5.41) is 2.36. The maximum atomic E-state index is 13.4. The van der Waals surface area contributed by atoms with Gasteiger partial charge in [-0.2, -0.15) is 4.72 Å². The van der Waals surface area contributed by atoms with E-state index in [9.17, 15) is 26.4 Å². The molecule has 9 heteroatoms. The van der Waals surface area contributed by atoms with E-state index in [4.69, 9.17) is 0 Å². The number of halogens is 3. The minimum atomic E-state index is -4.49. The van der Waals surface area contributed by atoms with Gasteiger partial charge in [0, 0.05) is 6.54 Å². The second-order valence-electron chi connectivity index (χ2n) is 3.91. The van der Waals surface area contributed by atoms with Gasteiger partial charge in [-0.3, -0.25) is 4.79 Å². The van der Waals surface area contributed by atoms with Crippen LogP contribution in [-0.4, -0.2) is 26.9 Å². The number of carbonyl (C=O) groups excluding carboxylic acids is 1. The maximum absolute atomic E-state index is 13.4. The molecule has 0 saturated carbocycles. The van der Waals surface area contributed by atoms with Gasteiger partial charge in [-0.15, -0.1) is 0 Å². The van der Waals surface area contributed by atoms with Crippen LogP contribution in [0.3, 0.4) is 0 Å². The number of hydrogen-bond acceptors (Lipinski definition) is 3. The fourth-order valence-corrected chi connectivity index (χ4v) is 2.66. The molecule has 0 aliphatic rings. The first-order valence-electron chi connectivity index (χ1n) is 5.64. The molecule has 112 valence electrons. The summed E-state index contributed by atoms with van der Waals surface area (Å²) in [6.45, 7) is 3.15. The Kier molecular flexibility index (Phi) is 5.12. The lowest BCUT2D eigenvalue weighted by atomic mass is 10.3. The van der Waals surface area contributed by atoms with E-state index in [1.165, 1.54) is 6.92 Å². The SMILES string of the molecule is CCNC(=O)[C@@H](C)NS(=O)(=O)c1ccc(F)c(F)c1F. The minimum Gasteiger partial charge on any atom is -0.355 e. The molecule has 1 aromatic rings. The molecule has 1 aromatic carbocycles. The largest absolute Gasteiger partial charge is 0.355 e. The summed E-state index contributed by atoms with van der Waals surface area (Å²) in [4.78, 5) is 10.3. The van der Waals surface area contributed by atoms with E-state index in [0.29, 0.717) is 12.1 Å². The fraction of sp³-hybridized carbons (Fsp3) is 0.364. The zero-order valence-electron chi connectivity index (χ0n) is 10.7. The lowest BCUT2D eigenvalue weighted by Crippen LogP contribution is -2.44. The monoisotopic (exact) mass is 310 g/mol. The summed E-state index contributed by atoms with van der Waals surface area (Å²) in [6, 6.07) is -0.114. The standard InChI is InChI=1S/C11H13F3N2O3S/c1-3-15-11(17)6(2)16-20(18,19)8-5-4-7(12)9(13)10(8)14/h4-6,16H,3H2,1-2H3,(H,15,17)/t6-/m1/s1. The van der Waals surface area contributed by atoms with Gasteiger partial charge in [0.15, 0.2) is 17.5 Å². The highest BCUT2D eigenvalue weighted by Crippen LogP contribution is 2.19. The molecule has 0 spiro atoms. The molecule has 0 aliphatic carbocycles. The van der Waals surface area contributed by atoms with Crippen LogP contribution in [-0.2, 0) is 14.8 Å². The zero-order chi connectivity index (χ0) is 15.5. The summed E-state index contributed by atoms with van der Waals surface area (Å²) in [5.41, 5.74) is 0. The van der Waals surface area contributed by atoms with Gasteiger partial charge < -0.3 is 5.32 Å². The van der Waals surface area contributed by atoms with Crippen molar-refractivity contribution in [3.8, 4) is 0 Å². The Bertz CT molecular complexity index is 620. The zero-order valence-corrected chi connectivity index (χ0v) is 11.5. The summed E-state index contributed by atoms with van der Waals surface area (Å²) in [5.74, 6) is -5.85. The van der Waals surface area contributed by atoms with Gasteiger partial charge in [0.2, 0.25) is 15.9 Å². The highest BCUT2D eigenvalue weighted by molar-refractivity contribution is 7.89. The first-order chi connectivity index (χ1) is 9.20. The van der Waals surface area contributed by atoms with Gasteiger partial charge in [-0.05, 0) is 26.0 Å². The van der Waals surface area contributed by atoms with E-state index in [2.05, 4.69) is 5.32 Å². The normalized spacial score (nSPS) is 13.1.